The van der Waals surface area contributed by atoms with E-state index in [-0.39, 0.29) is 28.4 Å². The molecule has 0 spiro atoms. The number of benzene rings is 1. The first-order valence-corrected chi connectivity index (χ1v) is 4.57. The number of rotatable bonds is 4. The van der Waals surface area contributed by atoms with Crippen molar-refractivity contribution >= 4 is 11.8 Å². The molecule has 1 rings (SSSR count). The summed E-state index contributed by atoms with van der Waals surface area (Å²) < 4.78 is 4.90. The van der Waals surface area contributed by atoms with Crippen molar-refractivity contribution in [2.45, 2.75) is 13.3 Å². The molecule has 0 unspecified atom stereocenters. The molecule has 1 aromatic carbocycles. The molecule has 0 heterocycles. The summed E-state index contributed by atoms with van der Waals surface area (Å²) in [7, 11) is 1.35. The number of methoxy groups -OCH3 is 1. The number of ketones is 1. The van der Waals surface area contributed by atoms with E-state index in [2.05, 4.69) is 0 Å². The van der Waals surface area contributed by atoms with E-state index in [9.17, 15) is 19.8 Å². The molecule has 16 heavy (non-hydrogen) atoms. The highest BCUT2D eigenvalue weighted by Crippen LogP contribution is 2.31. The number of carboxylic acids is 1. The molecule has 5 nitrogen and oxygen atoms in total. The fraction of sp³-hybridized carbons (Fsp3) is 0.273. The van der Waals surface area contributed by atoms with Crippen LogP contribution in [-0.4, -0.2) is 24.0 Å². The molecule has 0 atom stereocenters. The van der Waals surface area contributed by atoms with E-state index >= 15 is 0 Å². The Labute approximate surface area is 92.3 Å². The maximum atomic E-state index is 11.1. The number of carbonyl (C=O) groups is 2. The molecule has 86 valence electrons. The maximum absolute atomic E-state index is 11.1. The lowest BCUT2D eigenvalue weighted by molar-refractivity contribution is -0.304. The number of phenolic OH excluding ortho intramolecular Hbond substituents is 1. The number of Topliss-reactive ketones (excluding diaryl/α,β-unsaturated/α-hetero) is 1. The summed E-state index contributed by atoms with van der Waals surface area (Å²) in [5, 5.41) is 20.2. The van der Waals surface area contributed by atoms with Gasteiger partial charge < -0.3 is 19.7 Å². The Bertz CT molecular complexity index is 436. The van der Waals surface area contributed by atoms with Crippen LogP contribution < -0.4 is 9.84 Å². The SMILES string of the molecule is COc1ccc(C(C)=O)c(O)c1CC(=O)[O-]. The molecule has 0 aromatic heterocycles. The average Bonchev–Trinajstić information content (AvgIpc) is 2.19. The molecule has 0 amide bonds. The lowest BCUT2D eigenvalue weighted by Gasteiger charge is -2.13. The molecular weight excluding hydrogens is 212 g/mol. The monoisotopic (exact) mass is 223 g/mol. The van der Waals surface area contributed by atoms with Gasteiger partial charge in [0.1, 0.15) is 11.5 Å². The van der Waals surface area contributed by atoms with Crippen molar-refractivity contribution in [3.8, 4) is 11.5 Å². The molecule has 0 fully saturated rings. The second-order valence-corrected chi connectivity index (χ2v) is 3.25. The molecule has 0 radical (unpaired) electrons. The first-order valence-electron chi connectivity index (χ1n) is 4.57. The minimum Gasteiger partial charge on any atom is -0.550 e. The van der Waals surface area contributed by atoms with Gasteiger partial charge in [-0.1, -0.05) is 0 Å². The predicted octanol–water partition coefficient (Wildman–Crippen LogP) is -0.104. The highest BCUT2D eigenvalue weighted by atomic mass is 16.5. The summed E-state index contributed by atoms with van der Waals surface area (Å²) in [6, 6.07) is 2.82. The summed E-state index contributed by atoms with van der Waals surface area (Å²) >= 11 is 0. The Balaban J connectivity index is 3.34. The summed E-state index contributed by atoms with van der Waals surface area (Å²) in [5.74, 6) is -1.85. The normalized spacial score (nSPS) is 9.88. The third kappa shape index (κ3) is 2.31. The average molecular weight is 223 g/mol. The molecule has 0 aliphatic heterocycles. The molecule has 0 aliphatic rings. The largest absolute Gasteiger partial charge is 0.550 e. The minimum atomic E-state index is -1.35. The Morgan fingerprint density at radius 3 is 2.50 bits per heavy atom. The third-order valence-electron chi connectivity index (χ3n) is 2.16. The van der Waals surface area contributed by atoms with Crippen LogP contribution in [0.2, 0.25) is 0 Å². The van der Waals surface area contributed by atoms with Crippen LogP contribution in [0.1, 0.15) is 22.8 Å². The third-order valence-corrected chi connectivity index (χ3v) is 2.16. The van der Waals surface area contributed by atoms with Crippen LogP contribution in [-0.2, 0) is 11.2 Å². The van der Waals surface area contributed by atoms with Crippen molar-refractivity contribution in [3.05, 3.63) is 23.3 Å². The summed E-state index contributed by atoms with van der Waals surface area (Å²) in [6.07, 6.45) is -0.504. The van der Waals surface area contributed by atoms with E-state index in [0.29, 0.717) is 0 Å². The quantitative estimate of drug-likeness (QED) is 0.720. The van der Waals surface area contributed by atoms with Gasteiger partial charge in [-0.3, -0.25) is 4.79 Å². The van der Waals surface area contributed by atoms with Crippen LogP contribution in [0.15, 0.2) is 12.1 Å². The number of carbonyl (C=O) groups excluding carboxylic acids is 2. The van der Waals surface area contributed by atoms with Crippen molar-refractivity contribution in [2.75, 3.05) is 7.11 Å². The number of aliphatic carboxylic acids is 1. The first kappa shape index (κ1) is 12.0. The summed E-state index contributed by atoms with van der Waals surface area (Å²) in [4.78, 5) is 21.6. The zero-order valence-electron chi connectivity index (χ0n) is 8.94. The van der Waals surface area contributed by atoms with Crippen LogP contribution in [0.25, 0.3) is 0 Å². The summed E-state index contributed by atoms with van der Waals surface area (Å²) in [5.41, 5.74) is 0.118. The van der Waals surface area contributed by atoms with E-state index in [0.717, 1.165) is 0 Å². The van der Waals surface area contributed by atoms with E-state index in [1.165, 1.54) is 26.2 Å². The molecule has 0 aliphatic carbocycles. The van der Waals surface area contributed by atoms with E-state index in [1.54, 1.807) is 0 Å². The highest BCUT2D eigenvalue weighted by molar-refractivity contribution is 5.97. The van der Waals surface area contributed by atoms with Crippen molar-refractivity contribution < 1.29 is 24.5 Å². The molecule has 1 aromatic rings. The van der Waals surface area contributed by atoms with Crippen molar-refractivity contribution in [1.82, 2.24) is 0 Å². The van der Waals surface area contributed by atoms with Gasteiger partial charge in [0.25, 0.3) is 0 Å². The van der Waals surface area contributed by atoms with Crippen LogP contribution >= 0.6 is 0 Å². The van der Waals surface area contributed by atoms with Gasteiger partial charge in [-0.05, 0) is 19.1 Å². The molecule has 0 bridgehead atoms. The van der Waals surface area contributed by atoms with Crippen LogP contribution in [0.3, 0.4) is 0 Å². The van der Waals surface area contributed by atoms with Crippen LogP contribution in [0, 0.1) is 0 Å². The standard InChI is InChI=1S/C11H12O5/c1-6(12)7-3-4-9(16-2)8(11(7)15)5-10(13)14/h3-4,15H,5H2,1-2H3,(H,13,14)/p-1. The van der Waals surface area contributed by atoms with Gasteiger partial charge in [0, 0.05) is 18.0 Å². The second kappa shape index (κ2) is 4.65. The van der Waals surface area contributed by atoms with E-state index in [4.69, 9.17) is 4.74 Å². The van der Waals surface area contributed by atoms with Gasteiger partial charge in [-0.2, -0.15) is 0 Å². The zero-order valence-corrected chi connectivity index (χ0v) is 8.94. The van der Waals surface area contributed by atoms with Crippen LogP contribution in [0.4, 0.5) is 0 Å². The van der Waals surface area contributed by atoms with Gasteiger partial charge in [0.15, 0.2) is 5.78 Å². The number of phenols is 1. The molecular formula is C11H11O5-. The van der Waals surface area contributed by atoms with Crippen LogP contribution in [0.5, 0.6) is 11.5 Å². The van der Waals surface area contributed by atoms with E-state index < -0.39 is 12.4 Å². The predicted molar refractivity (Wildman–Crippen MR) is 53.4 cm³/mol. The van der Waals surface area contributed by atoms with Gasteiger partial charge in [-0.25, -0.2) is 0 Å². The highest BCUT2D eigenvalue weighted by Gasteiger charge is 2.15. The number of carboxylic acid groups (broad SMARTS) is 1. The maximum Gasteiger partial charge on any atom is 0.163 e. The second-order valence-electron chi connectivity index (χ2n) is 3.25. The fourth-order valence-corrected chi connectivity index (χ4v) is 1.41. The topological polar surface area (TPSA) is 86.7 Å². The number of hydrogen-bond donors (Lipinski definition) is 1. The lowest BCUT2D eigenvalue weighted by Crippen LogP contribution is -2.24. The van der Waals surface area contributed by atoms with Crippen molar-refractivity contribution in [1.29, 1.82) is 0 Å². The first-order chi connectivity index (χ1) is 7.47. The Hall–Kier alpha value is -2.04. The Morgan fingerprint density at radius 1 is 1.44 bits per heavy atom. The lowest BCUT2D eigenvalue weighted by atomic mass is 10.0. The number of ether oxygens (including phenoxy) is 1. The van der Waals surface area contributed by atoms with Gasteiger partial charge in [-0.15, -0.1) is 0 Å². The Kier molecular flexibility index (Phi) is 3.50. The van der Waals surface area contributed by atoms with Crippen molar-refractivity contribution in [2.24, 2.45) is 0 Å². The molecule has 0 saturated carbocycles. The van der Waals surface area contributed by atoms with Crippen molar-refractivity contribution in [3.63, 3.8) is 0 Å². The number of aromatic hydroxyl groups is 1. The minimum absolute atomic E-state index is 0.0511. The molecule has 1 N–H and O–H groups in total. The molecule has 5 heteroatoms. The smallest absolute Gasteiger partial charge is 0.163 e. The van der Waals surface area contributed by atoms with E-state index in [1.807, 2.05) is 0 Å². The van der Waals surface area contributed by atoms with Gasteiger partial charge >= 0.3 is 0 Å². The summed E-state index contributed by atoms with van der Waals surface area (Å²) in [6.45, 7) is 1.28. The Morgan fingerprint density at radius 2 is 2.06 bits per heavy atom. The van der Waals surface area contributed by atoms with Gasteiger partial charge in [0.05, 0.1) is 12.7 Å². The zero-order chi connectivity index (χ0) is 12.3. The fourth-order valence-electron chi connectivity index (χ4n) is 1.41. The number of hydrogen-bond acceptors (Lipinski definition) is 5. The van der Waals surface area contributed by atoms with Gasteiger partial charge in [0.2, 0.25) is 0 Å². The molecule has 0 saturated heterocycles.